The van der Waals surface area contributed by atoms with Gasteiger partial charge in [-0.2, -0.15) is 0 Å². The molecule has 0 aromatic carbocycles. The van der Waals surface area contributed by atoms with Crippen LogP contribution in [0.15, 0.2) is 11.1 Å². The Kier molecular flexibility index (Phi) is 6.62. The average molecular weight is 178 g/mol. The molecule has 0 spiro atoms. The minimum absolute atomic E-state index is 0.212. The summed E-state index contributed by atoms with van der Waals surface area (Å²) in [5.41, 5.74) is 2.71. The van der Waals surface area contributed by atoms with Crippen molar-refractivity contribution < 1.29 is 5.11 Å². The molecule has 0 bridgehead atoms. The summed E-state index contributed by atoms with van der Waals surface area (Å²) in [4.78, 5) is 2.13. The normalized spacial score (nSPS) is 12.6. The van der Waals surface area contributed by atoms with Gasteiger partial charge in [0.15, 0.2) is 0 Å². The van der Waals surface area contributed by atoms with Gasteiger partial charge in [-0.05, 0) is 19.0 Å². The zero-order valence-corrected chi connectivity index (χ0v) is 7.93. The van der Waals surface area contributed by atoms with Gasteiger partial charge >= 0.3 is 0 Å². The van der Waals surface area contributed by atoms with E-state index in [1.807, 2.05) is 6.92 Å². The van der Waals surface area contributed by atoms with Crippen LogP contribution in [0.4, 0.5) is 0 Å². The molecule has 0 unspecified atom stereocenters. The van der Waals surface area contributed by atoms with Crippen LogP contribution < -0.4 is 0 Å². The molecule has 0 saturated heterocycles. The molecule has 0 aliphatic carbocycles. The molecule has 2 nitrogen and oxygen atoms in total. The van der Waals surface area contributed by atoms with Gasteiger partial charge in [-0.1, -0.05) is 18.5 Å². The van der Waals surface area contributed by atoms with E-state index in [0.29, 0.717) is 0 Å². The highest BCUT2D eigenvalue weighted by atomic mass is 35.5. The first kappa shape index (κ1) is 11.0. The Morgan fingerprint density at radius 2 is 2.27 bits per heavy atom. The zero-order chi connectivity index (χ0) is 8.69. The molecule has 0 aromatic heterocycles. The van der Waals surface area contributed by atoms with E-state index in [4.69, 9.17) is 16.7 Å². The van der Waals surface area contributed by atoms with E-state index in [1.165, 1.54) is 0 Å². The Balaban J connectivity index is 3.68. The van der Waals surface area contributed by atoms with Crippen LogP contribution >= 0.6 is 11.6 Å². The molecule has 0 aliphatic heterocycles. The van der Waals surface area contributed by atoms with Crippen LogP contribution in [-0.4, -0.2) is 36.2 Å². The summed E-state index contributed by atoms with van der Waals surface area (Å²) in [5.74, 6) is 0. The van der Waals surface area contributed by atoms with Gasteiger partial charge in [0.05, 0.1) is 6.61 Å². The van der Waals surface area contributed by atoms with Crippen molar-refractivity contribution in [2.45, 2.75) is 13.8 Å². The van der Waals surface area contributed by atoms with Gasteiger partial charge in [0.25, 0.3) is 0 Å². The molecule has 0 saturated carbocycles. The number of aliphatic hydroxyl groups excluding tert-OH is 1. The highest BCUT2D eigenvalue weighted by molar-refractivity contribution is 6.25. The van der Waals surface area contributed by atoms with Crippen LogP contribution in [-0.2, 0) is 0 Å². The first-order valence-corrected chi connectivity index (χ1v) is 4.27. The molecular weight excluding hydrogens is 162 g/mol. The van der Waals surface area contributed by atoms with Crippen LogP contribution in [0.1, 0.15) is 13.8 Å². The minimum Gasteiger partial charge on any atom is -0.395 e. The molecule has 11 heavy (non-hydrogen) atoms. The Labute approximate surface area is 73.5 Å². The fourth-order valence-electron chi connectivity index (χ4n) is 0.878. The van der Waals surface area contributed by atoms with Gasteiger partial charge in [0, 0.05) is 18.6 Å². The molecule has 3 heteroatoms. The third kappa shape index (κ3) is 5.24. The number of hydrogen-bond acceptors (Lipinski definition) is 2. The molecule has 1 N–H and O–H groups in total. The van der Waals surface area contributed by atoms with Crippen molar-refractivity contribution in [3.8, 4) is 0 Å². The van der Waals surface area contributed by atoms with Crippen LogP contribution in [0.2, 0.25) is 0 Å². The molecule has 0 amide bonds. The van der Waals surface area contributed by atoms with Gasteiger partial charge < -0.3 is 5.11 Å². The van der Waals surface area contributed by atoms with Gasteiger partial charge in [-0.3, -0.25) is 4.90 Å². The number of likely N-dealkylation sites (N-methyl/N-ethyl adjacent to an activating group) is 1. The van der Waals surface area contributed by atoms with Crippen molar-refractivity contribution in [1.29, 1.82) is 0 Å². The highest BCUT2D eigenvalue weighted by Gasteiger charge is 2.00. The Hall–Kier alpha value is -0.0500. The fraction of sp³-hybridized carbons (Fsp3) is 0.750. The summed E-state index contributed by atoms with van der Waals surface area (Å²) >= 11 is 5.50. The largest absolute Gasteiger partial charge is 0.395 e. The smallest absolute Gasteiger partial charge is 0.0558 e. The molecule has 0 radical (unpaired) electrons. The highest BCUT2D eigenvalue weighted by Crippen LogP contribution is 1.99. The van der Waals surface area contributed by atoms with Gasteiger partial charge in [0.2, 0.25) is 0 Å². The number of aliphatic hydroxyl groups is 1. The number of nitrogens with zero attached hydrogens (tertiary/aromatic N) is 1. The molecule has 66 valence electrons. The van der Waals surface area contributed by atoms with Crippen LogP contribution in [0.25, 0.3) is 0 Å². The second-order valence-electron chi connectivity index (χ2n) is 2.55. The Morgan fingerprint density at radius 1 is 1.64 bits per heavy atom. The number of hydrogen-bond donors (Lipinski definition) is 1. The Morgan fingerprint density at radius 3 is 2.64 bits per heavy atom. The topological polar surface area (TPSA) is 23.5 Å². The van der Waals surface area contributed by atoms with Gasteiger partial charge in [0.1, 0.15) is 0 Å². The van der Waals surface area contributed by atoms with Crippen molar-refractivity contribution in [3.05, 3.63) is 11.1 Å². The third-order valence-electron chi connectivity index (χ3n) is 1.52. The van der Waals surface area contributed by atoms with E-state index in [1.54, 1.807) is 5.54 Å². The summed E-state index contributed by atoms with van der Waals surface area (Å²) in [6, 6.07) is 0. The lowest BCUT2D eigenvalue weighted by Crippen LogP contribution is -2.28. The van der Waals surface area contributed by atoms with Crippen molar-refractivity contribution in [2.75, 3.05) is 26.2 Å². The lowest BCUT2D eigenvalue weighted by Gasteiger charge is -2.18. The second-order valence-corrected chi connectivity index (χ2v) is 2.77. The second kappa shape index (κ2) is 6.65. The summed E-state index contributed by atoms with van der Waals surface area (Å²) in [7, 11) is 0. The maximum atomic E-state index is 8.66. The van der Waals surface area contributed by atoms with E-state index < -0.39 is 0 Å². The molecule has 0 rings (SSSR count). The lowest BCUT2D eigenvalue weighted by atomic mass is 10.3. The van der Waals surface area contributed by atoms with E-state index >= 15 is 0 Å². The predicted octanol–water partition coefficient (Wildman–Crippen LogP) is 1.44. The minimum atomic E-state index is 0.212. The quantitative estimate of drug-likeness (QED) is 0.687. The average Bonchev–Trinajstić information content (AvgIpc) is 2.03. The summed E-state index contributed by atoms with van der Waals surface area (Å²) in [5, 5.41) is 8.66. The van der Waals surface area contributed by atoms with Crippen molar-refractivity contribution in [1.82, 2.24) is 4.90 Å². The summed E-state index contributed by atoms with van der Waals surface area (Å²) in [6.45, 7) is 6.77. The molecule has 0 fully saturated rings. The van der Waals surface area contributed by atoms with E-state index in [9.17, 15) is 0 Å². The van der Waals surface area contributed by atoms with Gasteiger partial charge in [-0.15, -0.1) is 0 Å². The monoisotopic (exact) mass is 177 g/mol. The van der Waals surface area contributed by atoms with Crippen LogP contribution in [0.3, 0.4) is 0 Å². The molecule has 0 aromatic rings. The first-order valence-electron chi connectivity index (χ1n) is 3.83. The van der Waals surface area contributed by atoms with Crippen LogP contribution in [0.5, 0.6) is 0 Å². The fourth-order valence-corrected chi connectivity index (χ4v) is 0.947. The van der Waals surface area contributed by atoms with Crippen molar-refractivity contribution >= 4 is 11.6 Å². The first-order chi connectivity index (χ1) is 5.24. The van der Waals surface area contributed by atoms with E-state index in [-0.39, 0.29) is 6.61 Å². The van der Waals surface area contributed by atoms with E-state index in [0.717, 1.165) is 25.2 Å². The van der Waals surface area contributed by atoms with Crippen molar-refractivity contribution in [3.63, 3.8) is 0 Å². The Bertz CT molecular complexity index is 125. The predicted molar refractivity (Wildman–Crippen MR) is 48.8 cm³/mol. The third-order valence-corrected chi connectivity index (χ3v) is 1.90. The van der Waals surface area contributed by atoms with Gasteiger partial charge in [-0.25, -0.2) is 0 Å². The summed E-state index contributed by atoms with van der Waals surface area (Å²) in [6.07, 6.45) is 0. The maximum absolute atomic E-state index is 8.66. The maximum Gasteiger partial charge on any atom is 0.0558 e. The number of rotatable bonds is 5. The van der Waals surface area contributed by atoms with Crippen LogP contribution in [0, 0.1) is 0 Å². The molecule has 0 aliphatic rings. The molecular formula is C8H16ClNO. The zero-order valence-electron chi connectivity index (χ0n) is 7.18. The van der Waals surface area contributed by atoms with Crippen molar-refractivity contribution in [2.24, 2.45) is 0 Å². The SMILES string of the molecule is CCN(CCO)CC(C)=CCl. The van der Waals surface area contributed by atoms with E-state index in [2.05, 4.69) is 11.8 Å². The standard InChI is InChI=1S/C8H16ClNO/c1-3-10(4-5-11)7-8(2)6-9/h6,11H,3-5,7H2,1-2H3. The lowest BCUT2D eigenvalue weighted by molar-refractivity contribution is 0.212. The number of halogens is 1. The molecule has 0 heterocycles. The molecule has 0 atom stereocenters. The summed E-state index contributed by atoms with van der Waals surface area (Å²) < 4.78 is 0.